The quantitative estimate of drug-likeness (QED) is 0.397. The standard InChI is InChI=1S/C22H26N2O6/c1-3-21(25)29-13-16(23)11-27-18-8-9-19-15(10-18)6-5-7-20(19)28-12-17(24)14-30-22(26)4-2/h3-10,16-17H,1-2,11-14,23-24H2. The van der Waals surface area contributed by atoms with Gasteiger partial charge in [-0.05, 0) is 29.7 Å². The fourth-order valence-corrected chi connectivity index (χ4v) is 2.44. The smallest absolute Gasteiger partial charge is 0.330 e. The highest BCUT2D eigenvalue weighted by atomic mass is 16.5. The molecule has 2 rings (SSSR count). The molecular formula is C22H26N2O6. The van der Waals surface area contributed by atoms with Gasteiger partial charge in [-0.15, -0.1) is 0 Å². The van der Waals surface area contributed by atoms with Crippen molar-refractivity contribution in [2.75, 3.05) is 26.4 Å². The molecule has 4 N–H and O–H groups in total. The Morgan fingerprint density at radius 2 is 1.47 bits per heavy atom. The van der Waals surface area contributed by atoms with Crippen LogP contribution in [0.4, 0.5) is 0 Å². The molecule has 0 radical (unpaired) electrons. The summed E-state index contributed by atoms with van der Waals surface area (Å²) in [5.74, 6) is 0.222. The first-order chi connectivity index (χ1) is 14.4. The molecule has 0 saturated heterocycles. The Morgan fingerprint density at radius 3 is 2.07 bits per heavy atom. The van der Waals surface area contributed by atoms with Crippen molar-refractivity contribution in [2.24, 2.45) is 11.5 Å². The highest BCUT2D eigenvalue weighted by molar-refractivity contribution is 5.89. The number of esters is 2. The number of carbonyl (C=O) groups is 2. The highest BCUT2D eigenvalue weighted by Crippen LogP contribution is 2.29. The zero-order valence-corrected chi connectivity index (χ0v) is 16.6. The van der Waals surface area contributed by atoms with E-state index in [0.29, 0.717) is 11.5 Å². The van der Waals surface area contributed by atoms with Gasteiger partial charge in [-0.25, -0.2) is 9.59 Å². The minimum absolute atomic E-state index is 0.0377. The lowest BCUT2D eigenvalue weighted by Gasteiger charge is -2.16. The van der Waals surface area contributed by atoms with Gasteiger partial charge < -0.3 is 30.4 Å². The predicted octanol–water partition coefficient (Wildman–Crippen LogP) is 1.71. The fraction of sp³-hybridized carbons (Fsp3) is 0.273. The maximum Gasteiger partial charge on any atom is 0.330 e. The third kappa shape index (κ3) is 7.23. The topological polar surface area (TPSA) is 123 Å². The molecule has 30 heavy (non-hydrogen) atoms. The zero-order valence-electron chi connectivity index (χ0n) is 16.6. The van der Waals surface area contributed by atoms with Crippen LogP contribution in [0.25, 0.3) is 10.8 Å². The molecule has 0 aromatic heterocycles. The van der Waals surface area contributed by atoms with Crippen molar-refractivity contribution >= 4 is 22.7 Å². The molecule has 0 amide bonds. The highest BCUT2D eigenvalue weighted by Gasteiger charge is 2.10. The summed E-state index contributed by atoms with van der Waals surface area (Å²) in [6, 6.07) is 10.2. The van der Waals surface area contributed by atoms with Crippen LogP contribution in [-0.4, -0.2) is 50.4 Å². The molecule has 8 heteroatoms. The van der Waals surface area contributed by atoms with E-state index in [1.165, 1.54) is 0 Å². The average Bonchev–Trinajstić information content (AvgIpc) is 2.77. The van der Waals surface area contributed by atoms with Crippen LogP contribution in [0.2, 0.25) is 0 Å². The third-order valence-electron chi connectivity index (χ3n) is 3.94. The molecule has 0 bridgehead atoms. The summed E-state index contributed by atoms with van der Waals surface area (Å²) in [5.41, 5.74) is 11.8. The molecule has 2 atom stereocenters. The van der Waals surface area contributed by atoms with Gasteiger partial charge in [0, 0.05) is 17.5 Å². The number of ether oxygens (including phenoxy) is 4. The molecule has 0 aliphatic carbocycles. The zero-order chi connectivity index (χ0) is 21.9. The van der Waals surface area contributed by atoms with E-state index in [1.807, 2.05) is 30.3 Å². The van der Waals surface area contributed by atoms with Crippen LogP contribution in [0.3, 0.4) is 0 Å². The number of hydrogen-bond donors (Lipinski definition) is 2. The van der Waals surface area contributed by atoms with Crippen LogP contribution in [0.5, 0.6) is 11.5 Å². The lowest BCUT2D eigenvalue weighted by molar-refractivity contribution is -0.139. The second kappa shape index (κ2) is 11.6. The number of nitrogens with two attached hydrogens (primary N) is 2. The molecule has 2 aromatic carbocycles. The summed E-state index contributed by atoms with van der Waals surface area (Å²) in [6.07, 6.45) is 2.16. The Balaban J connectivity index is 1.93. The van der Waals surface area contributed by atoms with Gasteiger partial charge in [0.15, 0.2) is 0 Å². The van der Waals surface area contributed by atoms with Gasteiger partial charge in [0.05, 0.1) is 12.1 Å². The van der Waals surface area contributed by atoms with E-state index in [0.717, 1.165) is 22.9 Å². The summed E-state index contributed by atoms with van der Waals surface area (Å²) < 4.78 is 21.3. The van der Waals surface area contributed by atoms with Crippen molar-refractivity contribution in [2.45, 2.75) is 12.1 Å². The monoisotopic (exact) mass is 414 g/mol. The largest absolute Gasteiger partial charge is 0.492 e. The molecule has 0 saturated carbocycles. The van der Waals surface area contributed by atoms with E-state index in [4.69, 9.17) is 30.4 Å². The lowest BCUT2D eigenvalue weighted by atomic mass is 10.1. The second-order valence-corrected chi connectivity index (χ2v) is 6.45. The Labute approximate surface area is 175 Å². The number of carbonyl (C=O) groups excluding carboxylic acids is 2. The molecule has 0 fully saturated rings. The van der Waals surface area contributed by atoms with Crippen LogP contribution in [0.1, 0.15) is 0 Å². The van der Waals surface area contributed by atoms with E-state index in [2.05, 4.69) is 13.2 Å². The van der Waals surface area contributed by atoms with Crippen molar-refractivity contribution in [1.29, 1.82) is 0 Å². The Kier molecular flexibility index (Phi) is 8.86. The molecule has 2 aromatic rings. The van der Waals surface area contributed by atoms with Crippen molar-refractivity contribution in [3.8, 4) is 11.5 Å². The van der Waals surface area contributed by atoms with Gasteiger partial charge in [-0.3, -0.25) is 0 Å². The molecule has 0 aliphatic heterocycles. The van der Waals surface area contributed by atoms with Crippen molar-refractivity contribution in [3.05, 3.63) is 61.7 Å². The summed E-state index contributed by atoms with van der Waals surface area (Å²) in [6.45, 7) is 7.10. The van der Waals surface area contributed by atoms with Gasteiger partial charge in [0.25, 0.3) is 0 Å². The molecule has 2 unspecified atom stereocenters. The molecule has 8 nitrogen and oxygen atoms in total. The average molecular weight is 414 g/mol. The number of fused-ring (bicyclic) bond motifs is 1. The van der Waals surface area contributed by atoms with Gasteiger partial charge in [0.2, 0.25) is 0 Å². The molecular weight excluding hydrogens is 388 g/mol. The Hall–Kier alpha value is -3.36. The van der Waals surface area contributed by atoms with Gasteiger partial charge in [-0.2, -0.15) is 0 Å². The summed E-state index contributed by atoms with van der Waals surface area (Å²) >= 11 is 0. The van der Waals surface area contributed by atoms with Gasteiger partial charge in [-0.1, -0.05) is 25.3 Å². The predicted molar refractivity (Wildman–Crippen MR) is 113 cm³/mol. The molecule has 0 spiro atoms. The first-order valence-corrected chi connectivity index (χ1v) is 9.31. The van der Waals surface area contributed by atoms with E-state index in [9.17, 15) is 9.59 Å². The minimum Gasteiger partial charge on any atom is -0.492 e. The maximum atomic E-state index is 11.1. The van der Waals surface area contributed by atoms with Crippen LogP contribution in [-0.2, 0) is 19.1 Å². The minimum atomic E-state index is -0.526. The molecule has 160 valence electrons. The van der Waals surface area contributed by atoms with Crippen molar-refractivity contribution < 1.29 is 28.5 Å². The first kappa shape index (κ1) is 22.9. The number of hydrogen-bond acceptors (Lipinski definition) is 8. The van der Waals surface area contributed by atoms with Gasteiger partial charge >= 0.3 is 11.9 Å². The maximum absolute atomic E-state index is 11.1. The van der Waals surface area contributed by atoms with E-state index < -0.39 is 24.0 Å². The van der Waals surface area contributed by atoms with E-state index >= 15 is 0 Å². The van der Waals surface area contributed by atoms with E-state index in [1.54, 1.807) is 6.07 Å². The number of rotatable bonds is 12. The summed E-state index contributed by atoms with van der Waals surface area (Å²) in [7, 11) is 0. The number of benzene rings is 2. The lowest BCUT2D eigenvalue weighted by Crippen LogP contribution is -2.33. The molecule has 0 heterocycles. The van der Waals surface area contributed by atoms with Crippen LogP contribution in [0, 0.1) is 0 Å². The van der Waals surface area contributed by atoms with Crippen LogP contribution < -0.4 is 20.9 Å². The Morgan fingerprint density at radius 1 is 0.867 bits per heavy atom. The molecule has 0 aliphatic rings. The van der Waals surface area contributed by atoms with Crippen LogP contribution >= 0.6 is 0 Å². The third-order valence-corrected chi connectivity index (χ3v) is 3.94. The Bertz CT molecular complexity index is 898. The van der Waals surface area contributed by atoms with Crippen LogP contribution in [0.15, 0.2) is 61.7 Å². The van der Waals surface area contributed by atoms with Gasteiger partial charge in [0.1, 0.15) is 37.9 Å². The van der Waals surface area contributed by atoms with Crippen molar-refractivity contribution in [3.63, 3.8) is 0 Å². The SMILES string of the molecule is C=CC(=O)OCC(N)COc1ccc2c(OCC(N)COC(=O)C=C)cccc2c1. The van der Waals surface area contributed by atoms with E-state index in [-0.39, 0.29) is 26.4 Å². The second-order valence-electron chi connectivity index (χ2n) is 6.45. The normalized spacial score (nSPS) is 12.5. The fourth-order valence-electron chi connectivity index (χ4n) is 2.44. The van der Waals surface area contributed by atoms with Crippen molar-refractivity contribution in [1.82, 2.24) is 0 Å². The summed E-state index contributed by atoms with van der Waals surface area (Å²) in [4.78, 5) is 22.2. The summed E-state index contributed by atoms with van der Waals surface area (Å²) in [5, 5.41) is 1.78. The first-order valence-electron chi connectivity index (χ1n) is 9.31.